The van der Waals surface area contributed by atoms with Crippen molar-refractivity contribution >= 4 is 0 Å². The van der Waals surface area contributed by atoms with E-state index in [1.54, 1.807) is 0 Å². The molecule has 0 aromatic heterocycles. The average Bonchev–Trinajstić information content (AvgIpc) is 3.08. The van der Waals surface area contributed by atoms with E-state index in [-0.39, 0.29) is 0 Å². The highest BCUT2D eigenvalue weighted by Gasteiger charge is 2.39. The molecule has 98 valence electrons. The number of piperazine rings is 1. The van der Waals surface area contributed by atoms with Crippen LogP contribution in [0.5, 0.6) is 0 Å². The number of nitrogens with one attached hydrogen (secondary N) is 1. The molecule has 1 heterocycles. The molecule has 4 unspecified atom stereocenters. The molecular weight excluding hydrogens is 212 g/mol. The number of methoxy groups -OCH3 is 1. The van der Waals surface area contributed by atoms with E-state index in [1.165, 1.54) is 45.2 Å². The molecule has 17 heavy (non-hydrogen) atoms. The standard InChI is InChI=1S/C14H26N2O/c1-10-8-15-14(11-3-4-11)9-16(10)12-5-6-13(7-12)17-2/h10-15H,3-9H2,1-2H3. The number of hydrogen-bond acceptors (Lipinski definition) is 3. The zero-order chi connectivity index (χ0) is 11.8. The van der Waals surface area contributed by atoms with E-state index in [0.29, 0.717) is 12.1 Å². The summed E-state index contributed by atoms with van der Waals surface area (Å²) >= 11 is 0. The fourth-order valence-electron chi connectivity index (χ4n) is 3.67. The van der Waals surface area contributed by atoms with Gasteiger partial charge in [-0.05, 0) is 44.9 Å². The first-order valence-electron chi connectivity index (χ1n) is 7.30. The Morgan fingerprint density at radius 3 is 2.65 bits per heavy atom. The zero-order valence-corrected chi connectivity index (χ0v) is 11.2. The fraction of sp³-hybridized carbons (Fsp3) is 1.00. The monoisotopic (exact) mass is 238 g/mol. The molecule has 3 aliphatic rings. The van der Waals surface area contributed by atoms with Crippen molar-refractivity contribution in [2.24, 2.45) is 5.92 Å². The maximum absolute atomic E-state index is 5.51. The van der Waals surface area contributed by atoms with E-state index in [1.807, 2.05) is 7.11 Å². The minimum Gasteiger partial charge on any atom is -0.381 e. The molecule has 0 bridgehead atoms. The van der Waals surface area contributed by atoms with Crippen molar-refractivity contribution in [2.45, 2.75) is 63.3 Å². The lowest BCUT2D eigenvalue weighted by molar-refractivity contribution is 0.0653. The first-order chi connectivity index (χ1) is 8.28. The Hall–Kier alpha value is -0.120. The van der Waals surface area contributed by atoms with Crippen LogP contribution >= 0.6 is 0 Å². The van der Waals surface area contributed by atoms with Crippen LogP contribution in [-0.4, -0.2) is 49.3 Å². The van der Waals surface area contributed by atoms with E-state index in [4.69, 9.17) is 4.74 Å². The largest absolute Gasteiger partial charge is 0.381 e. The predicted molar refractivity (Wildman–Crippen MR) is 69.1 cm³/mol. The Morgan fingerprint density at radius 1 is 1.18 bits per heavy atom. The second-order valence-electron chi connectivity index (χ2n) is 6.22. The topological polar surface area (TPSA) is 24.5 Å². The summed E-state index contributed by atoms with van der Waals surface area (Å²) in [6.07, 6.45) is 7.25. The van der Waals surface area contributed by atoms with Gasteiger partial charge < -0.3 is 10.1 Å². The van der Waals surface area contributed by atoms with Crippen LogP contribution in [-0.2, 0) is 4.74 Å². The average molecular weight is 238 g/mol. The van der Waals surface area contributed by atoms with Crippen LogP contribution in [0.2, 0.25) is 0 Å². The quantitative estimate of drug-likeness (QED) is 0.809. The third-order valence-corrected chi connectivity index (χ3v) is 5.00. The van der Waals surface area contributed by atoms with Gasteiger partial charge in [-0.15, -0.1) is 0 Å². The van der Waals surface area contributed by atoms with Crippen LogP contribution in [0.4, 0.5) is 0 Å². The van der Waals surface area contributed by atoms with Crippen LogP contribution < -0.4 is 5.32 Å². The summed E-state index contributed by atoms with van der Waals surface area (Å²) in [6.45, 7) is 4.82. The molecule has 3 rings (SSSR count). The Labute approximate surface area is 105 Å². The Kier molecular flexibility index (Phi) is 3.42. The minimum absolute atomic E-state index is 0.515. The number of nitrogens with zero attached hydrogens (tertiary/aromatic N) is 1. The highest BCUT2D eigenvalue weighted by Crippen LogP contribution is 2.36. The molecule has 3 nitrogen and oxygen atoms in total. The lowest BCUT2D eigenvalue weighted by atomic mass is 10.0. The molecule has 3 heteroatoms. The molecule has 0 aromatic carbocycles. The third-order valence-electron chi connectivity index (χ3n) is 5.00. The maximum Gasteiger partial charge on any atom is 0.0586 e. The zero-order valence-electron chi connectivity index (χ0n) is 11.2. The SMILES string of the molecule is COC1CCC(N2CC(C3CC3)NCC2C)C1. The maximum atomic E-state index is 5.51. The van der Waals surface area contributed by atoms with Crippen molar-refractivity contribution in [3.8, 4) is 0 Å². The van der Waals surface area contributed by atoms with Gasteiger partial charge >= 0.3 is 0 Å². The lowest BCUT2D eigenvalue weighted by Gasteiger charge is -2.42. The van der Waals surface area contributed by atoms with Gasteiger partial charge in [-0.1, -0.05) is 0 Å². The van der Waals surface area contributed by atoms with Crippen LogP contribution in [0.1, 0.15) is 39.0 Å². The summed E-state index contributed by atoms with van der Waals surface area (Å²) in [5.74, 6) is 0.977. The number of hydrogen-bond donors (Lipinski definition) is 1. The lowest BCUT2D eigenvalue weighted by Crippen LogP contribution is -2.58. The van der Waals surface area contributed by atoms with E-state index >= 15 is 0 Å². The van der Waals surface area contributed by atoms with Gasteiger partial charge in [0, 0.05) is 38.3 Å². The summed E-state index contributed by atoms with van der Waals surface area (Å²) < 4.78 is 5.51. The first-order valence-corrected chi connectivity index (χ1v) is 7.30. The minimum atomic E-state index is 0.515. The molecule has 0 aromatic rings. The molecule has 1 aliphatic heterocycles. The molecule has 1 N–H and O–H groups in total. The van der Waals surface area contributed by atoms with Gasteiger partial charge in [0.2, 0.25) is 0 Å². The smallest absolute Gasteiger partial charge is 0.0586 e. The predicted octanol–water partition coefficient (Wildman–Crippen LogP) is 1.63. The van der Waals surface area contributed by atoms with Crippen molar-refractivity contribution in [3.05, 3.63) is 0 Å². The summed E-state index contributed by atoms with van der Waals surface area (Å²) in [7, 11) is 1.86. The molecule has 1 saturated heterocycles. The van der Waals surface area contributed by atoms with Gasteiger partial charge in [0.15, 0.2) is 0 Å². The fourth-order valence-corrected chi connectivity index (χ4v) is 3.67. The highest BCUT2D eigenvalue weighted by atomic mass is 16.5. The summed E-state index contributed by atoms with van der Waals surface area (Å²) in [4.78, 5) is 2.76. The van der Waals surface area contributed by atoms with Crippen LogP contribution in [0.25, 0.3) is 0 Å². The van der Waals surface area contributed by atoms with Crippen molar-refractivity contribution < 1.29 is 4.74 Å². The van der Waals surface area contributed by atoms with Gasteiger partial charge in [0.1, 0.15) is 0 Å². The van der Waals surface area contributed by atoms with Gasteiger partial charge in [-0.3, -0.25) is 4.90 Å². The van der Waals surface area contributed by atoms with E-state index < -0.39 is 0 Å². The Bertz CT molecular complexity index is 267. The molecule has 0 radical (unpaired) electrons. The molecule has 0 amide bonds. The van der Waals surface area contributed by atoms with Crippen molar-refractivity contribution in [2.75, 3.05) is 20.2 Å². The Morgan fingerprint density at radius 2 is 2.00 bits per heavy atom. The van der Waals surface area contributed by atoms with E-state index in [0.717, 1.165) is 18.0 Å². The summed E-state index contributed by atoms with van der Waals surface area (Å²) in [5.41, 5.74) is 0. The van der Waals surface area contributed by atoms with Gasteiger partial charge in [-0.25, -0.2) is 0 Å². The second kappa shape index (κ2) is 4.87. The van der Waals surface area contributed by atoms with Crippen molar-refractivity contribution in [1.82, 2.24) is 10.2 Å². The summed E-state index contributed by atoms with van der Waals surface area (Å²) in [6, 6.07) is 2.25. The van der Waals surface area contributed by atoms with Crippen molar-refractivity contribution in [1.29, 1.82) is 0 Å². The van der Waals surface area contributed by atoms with Crippen molar-refractivity contribution in [3.63, 3.8) is 0 Å². The van der Waals surface area contributed by atoms with Crippen LogP contribution in [0.15, 0.2) is 0 Å². The molecule has 0 spiro atoms. The van der Waals surface area contributed by atoms with Gasteiger partial charge in [-0.2, -0.15) is 0 Å². The Balaban J connectivity index is 1.60. The molecule has 2 saturated carbocycles. The number of ether oxygens (including phenoxy) is 1. The molecular formula is C14H26N2O. The third kappa shape index (κ3) is 2.51. The van der Waals surface area contributed by atoms with E-state index in [2.05, 4.69) is 17.1 Å². The first kappa shape index (κ1) is 11.9. The molecule has 3 fully saturated rings. The van der Waals surface area contributed by atoms with Gasteiger partial charge in [0.25, 0.3) is 0 Å². The van der Waals surface area contributed by atoms with E-state index in [9.17, 15) is 0 Å². The van der Waals surface area contributed by atoms with Crippen LogP contribution in [0, 0.1) is 5.92 Å². The highest BCUT2D eigenvalue weighted by molar-refractivity contribution is 4.97. The normalized spacial score (nSPS) is 44.1. The van der Waals surface area contributed by atoms with Crippen LogP contribution in [0.3, 0.4) is 0 Å². The second-order valence-corrected chi connectivity index (χ2v) is 6.22. The molecule has 2 aliphatic carbocycles. The summed E-state index contributed by atoms with van der Waals surface area (Å²) in [5, 5.41) is 3.74. The number of rotatable bonds is 3. The molecule has 4 atom stereocenters. The van der Waals surface area contributed by atoms with Gasteiger partial charge in [0.05, 0.1) is 6.10 Å².